The number of esters is 1. The summed E-state index contributed by atoms with van der Waals surface area (Å²) in [4.78, 5) is 34.5. The predicted molar refractivity (Wildman–Crippen MR) is 87.1 cm³/mol. The van der Waals surface area contributed by atoms with Gasteiger partial charge in [0.15, 0.2) is 0 Å². The van der Waals surface area contributed by atoms with Crippen LogP contribution in [0.3, 0.4) is 0 Å². The molecule has 0 aliphatic carbocycles. The molecule has 2 N–H and O–H groups in total. The van der Waals surface area contributed by atoms with E-state index >= 15 is 0 Å². The van der Waals surface area contributed by atoms with Gasteiger partial charge in [-0.1, -0.05) is 0 Å². The molecule has 7 nitrogen and oxygen atoms in total. The van der Waals surface area contributed by atoms with Crippen molar-refractivity contribution in [1.29, 1.82) is 0 Å². The second-order valence-electron chi connectivity index (χ2n) is 4.93. The summed E-state index contributed by atoms with van der Waals surface area (Å²) in [5.74, 6) is -1.51. The molecule has 0 fully saturated rings. The maximum Gasteiger partial charge on any atom is 0.314 e. The lowest BCUT2D eigenvalue weighted by Crippen LogP contribution is -2.25. The lowest BCUT2D eigenvalue weighted by Gasteiger charge is -2.10. The first-order chi connectivity index (χ1) is 10.8. The van der Waals surface area contributed by atoms with Crippen molar-refractivity contribution in [3.63, 3.8) is 0 Å². The molecule has 1 rings (SSSR count). The second-order valence-corrected chi connectivity index (χ2v) is 4.93. The van der Waals surface area contributed by atoms with Crippen LogP contribution in [0, 0.1) is 5.92 Å². The number of nitrogens with zero attached hydrogens (tertiary/aromatic N) is 1. The summed E-state index contributed by atoms with van der Waals surface area (Å²) in [6.07, 6.45) is 0. The minimum Gasteiger partial charge on any atom is -0.465 e. The number of hydrogen-bond donors (Lipinski definition) is 2. The van der Waals surface area contributed by atoms with Crippen molar-refractivity contribution in [3.05, 3.63) is 29.8 Å². The van der Waals surface area contributed by atoms with Gasteiger partial charge in [-0.05, 0) is 45.0 Å². The van der Waals surface area contributed by atoms with Crippen molar-refractivity contribution < 1.29 is 19.1 Å². The van der Waals surface area contributed by atoms with Gasteiger partial charge in [-0.3, -0.25) is 14.4 Å². The van der Waals surface area contributed by atoms with Crippen LogP contribution in [-0.4, -0.2) is 30.1 Å². The molecule has 0 aliphatic heterocycles. The first kappa shape index (κ1) is 18.3. The quantitative estimate of drug-likeness (QED) is 0.476. The molecule has 2 amide bonds. The fourth-order valence-electron chi connectivity index (χ4n) is 1.65. The zero-order chi connectivity index (χ0) is 17.4. The lowest BCUT2D eigenvalue weighted by atomic mass is 10.1. The van der Waals surface area contributed by atoms with Crippen molar-refractivity contribution >= 4 is 29.2 Å². The van der Waals surface area contributed by atoms with E-state index in [-0.39, 0.29) is 11.9 Å². The molecule has 1 atom stereocenters. The molecule has 7 heteroatoms. The number of rotatable bonds is 6. The molecule has 1 aromatic carbocycles. The Morgan fingerprint density at radius 1 is 1.17 bits per heavy atom. The molecule has 124 valence electrons. The van der Waals surface area contributed by atoms with Crippen molar-refractivity contribution in [1.82, 2.24) is 5.43 Å². The molecule has 0 aliphatic rings. The lowest BCUT2D eigenvalue weighted by molar-refractivity contribution is -0.145. The Morgan fingerprint density at radius 3 is 2.30 bits per heavy atom. The molecule has 0 bridgehead atoms. The van der Waals surface area contributed by atoms with Gasteiger partial charge < -0.3 is 10.1 Å². The summed E-state index contributed by atoms with van der Waals surface area (Å²) < 4.78 is 4.89. The first-order valence-electron chi connectivity index (χ1n) is 7.24. The maximum atomic E-state index is 12.0. The van der Waals surface area contributed by atoms with E-state index in [0.29, 0.717) is 23.6 Å². The molecule has 0 heterocycles. The van der Waals surface area contributed by atoms with Gasteiger partial charge in [-0.2, -0.15) is 5.10 Å². The number of carbonyl (C=O) groups excluding carboxylic acids is 3. The highest BCUT2D eigenvalue weighted by Gasteiger charge is 2.17. The second kappa shape index (κ2) is 8.67. The topological polar surface area (TPSA) is 96.9 Å². The average Bonchev–Trinajstić information content (AvgIpc) is 2.51. The Bertz CT molecular complexity index is 608. The number of amides is 2. The Morgan fingerprint density at radius 2 is 1.78 bits per heavy atom. The van der Waals surface area contributed by atoms with Gasteiger partial charge in [0.05, 0.1) is 12.5 Å². The number of benzene rings is 1. The van der Waals surface area contributed by atoms with Gasteiger partial charge >= 0.3 is 5.97 Å². The fourth-order valence-corrected chi connectivity index (χ4v) is 1.65. The van der Waals surface area contributed by atoms with Crippen molar-refractivity contribution in [3.8, 4) is 0 Å². The summed E-state index contributed by atoms with van der Waals surface area (Å²) in [6, 6.07) is 6.38. The zero-order valence-corrected chi connectivity index (χ0v) is 13.7. The highest BCUT2D eigenvalue weighted by Crippen LogP contribution is 2.09. The number of anilines is 1. The van der Waals surface area contributed by atoms with Crippen LogP contribution in [0.5, 0.6) is 0 Å². The van der Waals surface area contributed by atoms with E-state index in [1.165, 1.54) is 6.92 Å². The normalized spacial score (nSPS) is 12.3. The fraction of sp³-hybridized carbons (Fsp3) is 0.375. The van der Waals surface area contributed by atoms with Crippen LogP contribution in [-0.2, 0) is 14.3 Å². The van der Waals surface area contributed by atoms with Crippen LogP contribution in [0.2, 0.25) is 0 Å². The summed E-state index contributed by atoms with van der Waals surface area (Å²) in [5.41, 5.74) is 3.83. The molecular formula is C16H21N3O4. The van der Waals surface area contributed by atoms with E-state index in [4.69, 9.17) is 4.74 Å². The van der Waals surface area contributed by atoms with E-state index in [2.05, 4.69) is 15.8 Å². The van der Waals surface area contributed by atoms with Crippen LogP contribution in [0.25, 0.3) is 0 Å². The number of ether oxygens (including phenoxy) is 1. The van der Waals surface area contributed by atoms with Crippen molar-refractivity contribution in [2.24, 2.45) is 11.0 Å². The number of carbonyl (C=O) groups is 3. The van der Waals surface area contributed by atoms with Gasteiger partial charge in [-0.15, -0.1) is 0 Å². The molecule has 1 unspecified atom stereocenters. The third kappa shape index (κ3) is 5.90. The number of hydrogen-bond acceptors (Lipinski definition) is 5. The molecule has 0 spiro atoms. The Balaban J connectivity index is 2.66. The van der Waals surface area contributed by atoms with Crippen LogP contribution in [0.4, 0.5) is 5.69 Å². The first-order valence-corrected chi connectivity index (χ1v) is 7.24. The van der Waals surface area contributed by atoms with E-state index in [0.717, 1.165) is 0 Å². The van der Waals surface area contributed by atoms with E-state index < -0.39 is 11.8 Å². The summed E-state index contributed by atoms with van der Waals surface area (Å²) >= 11 is 0. The van der Waals surface area contributed by atoms with Gasteiger partial charge in [0.1, 0.15) is 0 Å². The SMILES string of the molecule is CCOC(=O)C(C)C(C)=NNC(=O)c1ccc(NC(C)=O)cc1. The smallest absolute Gasteiger partial charge is 0.314 e. The molecule has 0 radical (unpaired) electrons. The van der Waals surface area contributed by atoms with Gasteiger partial charge in [0.2, 0.25) is 5.91 Å². The zero-order valence-electron chi connectivity index (χ0n) is 13.7. The minimum absolute atomic E-state index is 0.185. The third-order valence-electron chi connectivity index (χ3n) is 3.07. The molecule has 1 aromatic rings. The molecule has 0 saturated heterocycles. The van der Waals surface area contributed by atoms with Crippen molar-refractivity contribution in [2.45, 2.75) is 27.7 Å². The van der Waals surface area contributed by atoms with Gasteiger partial charge in [0, 0.05) is 23.9 Å². The summed E-state index contributed by atoms with van der Waals surface area (Å²) in [6.45, 7) is 6.72. The van der Waals surface area contributed by atoms with E-state index in [1.54, 1.807) is 45.0 Å². The predicted octanol–water partition coefficient (Wildman–Crippen LogP) is 1.95. The van der Waals surface area contributed by atoms with E-state index in [9.17, 15) is 14.4 Å². The third-order valence-corrected chi connectivity index (χ3v) is 3.07. The average molecular weight is 319 g/mol. The van der Waals surface area contributed by atoms with Gasteiger partial charge in [0.25, 0.3) is 5.91 Å². The Kier molecular flexibility index (Phi) is 6.92. The molecular weight excluding hydrogens is 298 g/mol. The molecule has 0 aromatic heterocycles. The Labute approximate surface area is 135 Å². The van der Waals surface area contributed by atoms with E-state index in [1.807, 2.05) is 0 Å². The monoisotopic (exact) mass is 319 g/mol. The van der Waals surface area contributed by atoms with Crippen LogP contribution in [0.15, 0.2) is 29.4 Å². The number of hydrazone groups is 1. The molecule has 0 saturated carbocycles. The largest absolute Gasteiger partial charge is 0.465 e. The van der Waals surface area contributed by atoms with Crippen molar-refractivity contribution in [2.75, 3.05) is 11.9 Å². The van der Waals surface area contributed by atoms with Crippen LogP contribution < -0.4 is 10.7 Å². The maximum absolute atomic E-state index is 12.0. The van der Waals surface area contributed by atoms with Gasteiger partial charge in [-0.25, -0.2) is 5.43 Å². The van der Waals surface area contributed by atoms with Crippen LogP contribution in [0.1, 0.15) is 38.1 Å². The Hall–Kier alpha value is -2.70. The summed E-state index contributed by atoms with van der Waals surface area (Å²) in [5, 5.41) is 6.53. The molecule has 23 heavy (non-hydrogen) atoms. The summed E-state index contributed by atoms with van der Waals surface area (Å²) in [7, 11) is 0. The highest BCUT2D eigenvalue weighted by atomic mass is 16.5. The minimum atomic E-state index is -0.530. The number of nitrogens with one attached hydrogen (secondary N) is 2. The highest BCUT2D eigenvalue weighted by molar-refractivity contribution is 6.02. The van der Waals surface area contributed by atoms with Crippen LogP contribution >= 0.6 is 0 Å². The standard InChI is InChI=1S/C16H21N3O4/c1-5-23-16(22)10(2)11(3)18-19-15(21)13-6-8-14(9-7-13)17-12(4)20/h6-10H,5H2,1-4H3,(H,17,20)(H,19,21).